The smallest absolute Gasteiger partial charge is 0.267 e. The zero-order valence-corrected chi connectivity index (χ0v) is 22.5. The number of nitrogens with one attached hydrogen (secondary N) is 1. The van der Waals surface area contributed by atoms with Crippen molar-refractivity contribution in [3.8, 4) is 0 Å². The molecule has 0 bridgehead atoms. The average Bonchev–Trinajstić information content (AvgIpc) is 3.23. The van der Waals surface area contributed by atoms with Gasteiger partial charge in [0.2, 0.25) is 5.91 Å². The highest BCUT2D eigenvalue weighted by Gasteiger charge is 2.33. The van der Waals surface area contributed by atoms with E-state index in [1.54, 1.807) is 0 Å². The van der Waals surface area contributed by atoms with E-state index in [0.717, 1.165) is 45.3 Å². The SMILES string of the molecule is CCCCCCCCCCCCCCCCCC(=O)NCCCC[N+](C)(C)N1CCCC1=O. The van der Waals surface area contributed by atoms with Gasteiger partial charge in [-0.2, -0.15) is 5.01 Å². The Morgan fingerprint density at radius 3 is 1.79 bits per heavy atom. The monoisotopic (exact) mass is 466 g/mol. The highest BCUT2D eigenvalue weighted by molar-refractivity contribution is 5.76. The Bertz CT molecular complexity index is 507. The highest BCUT2D eigenvalue weighted by Crippen LogP contribution is 2.18. The number of carbonyl (C=O) groups is 2. The number of unbranched alkanes of at least 4 members (excludes halogenated alkanes) is 15. The molecule has 1 fully saturated rings. The fraction of sp³-hybridized carbons (Fsp3) is 0.929. The number of nitrogens with zero attached hydrogens (tertiary/aromatic N) is 2. The van der Waals surface area contributed by atoms with Crippen LogP contribution < -0.4 is 5.32 Å². The fourth-order valence-corrected chi connectivity index (χ4v) is 4.92. The third-order valence-corrected chi connectivity index (χ3v) is 7.16. The molecule has 0 aromatic heterocycles. The maximum atomic E-state index is 12.0. The van der Waals surface area contributed by atoms with Crippen molar-refractivity contribution in [2.24, 2.45) is 0 Å². The van der Waals surface area contributed by atoms with Crippen LogP contribution in [0.2, 0.25) is 0 Å². The number of amides is 2. The van der Waals surface area contributed by atoms with Crippen LogP contribution in [0, 0.1) is 0 Å². The Kier molecular flexibility index (Phi) is 17.4. The van der Waals surface area contributed by atoms with Crippen LogP contribution in [-0.4, -0.2) is 55.1 Å². The van der Waals surface area contributed by atoms with E-state index in [9.17, 15) is 9.59 Å². The molecule has 0 saturated carbocycles. The van der Waals surface area contributed by atoms with Gasteiger partial charge in [-0.15, -0.1) is 0 Å². The summed E-state index contributed by atoms with van der Waals surface area (Å²) in [6, 6.07) is 0. The summed E-state index contributed by atoms with van der Waals surface area (Å²) in [5, 5.41) is 5.05. The van der Waals surface area contributed by atoms with Gasteiger partial charge in [0, 0.05) is 25.8 Å². The molecule has 0 aromatic rings. The first-order chi connectivity index (χ1) is 16.0. The van der Waals surface area contributed by atoms with Crippen molar-refractivity contribution < 1.29 is 14.2 Å². The van der Waals surface area contributed by atoms with E-state index < -0.39 is 0 Å². The van der Waals surface area contributed by atoms with E-state index in [4.69, 9.17) is 0 Å². The van der Waals surface area contributed by atoms with E-state index in [1.165, 1.54) is 89.9 Å². The molecule has 1 rings (SSSR count). The molecule has 0 spiro atoms. The summed E-state index contributed by atoms with van der Waals surface area (Å²) in [5.41, 5.74) is 0. The average molecular weight is 467 g/mol. The van der Waals surface area contributed by atoms with Crippen LogP contribution in [0.4, 0.5) is 0 Å². The largest absolute Gasteiger partial charge is 0.356 e. The molecular formula is C28H56N3O2+. The van der Waals surface area contributed by atoms with Crippen molar-refractivity contribution in [2.75, 3.05) is 33.7 Å². The highest BCUT2D eigenvalue weighted by atomic mass is 16.2. The number of rotatable bonds is 22. The van der Waals surface area contributed by atoms with E-state index in [-0.39, 0.29) is 11.8 Å². The second kappa shape index (κ2) is 19.2. The van der Waals surface area contributed by atoms with E-state index in [1.807, 2.05) is 5.01 Å². The first-order valence-electron chi connectivity index (χ1n) is 14.4. The number of quaternary nitrogens is 1. The third-order valence-electron chi connectivity index (χ3n) is 7.16. The van der Waals surface area contributed by atoms with E-state index in [0.29, 0.717) is 17.4 Å². The molecule has 1 saturated heterocycles. The summed E-state index contributed by atoms with van der Waals surface area (Å²) in [5.74, 6) is 0.477. The van der Waals surface area contributed by atoms with Gasteiger partial charge in [0.05, 0.1) is 20.6 Å². The summed E-state index contributed by atoms with van der Waals surface area (Å²) in [6.07, 6.45) is 24.6. The molecule has 2 amide bonds. The maximum absolute atomic E-state index is 12.0. The topological polar surface area (TPSA) is 49.4 Å². The van der Waals surface area contributed by atoms with Crippen LogP contribution in [0.5, 0.6) is 0 Å². The molecule has 1 heterocycles. The molecule has 0 atom stereocenters. The van der Waals surface area contributed by atoms with Gasteiger partial charge in [0.1, 0.15) is 6.54 Å². The Labute approximate surface area is 205 Å². The van der Waals surface area contributed by atoms with Crippen molar-refractivity contribution in [1.82, 2.24) is 10.3 Å². The van der Waals surface area contributed by atoms with Gasteiger partial charge in [0.25, 0.3) is 5.91 Å². The minimum absolute atomic E-state index is 0.202. The van der Waals surface area contributed by atoms with Crippen molar-refractivity contribution in [3.63, 3.8) is 0 Å². The normalized spacial score (nSPS) is 14.3. The van der Waals surface area contributed by atoms with Crippen LogP contribution in [0.15, 0.2) is 0 Å². The summed E-state index contributed by atoms with van der Waals surface area (Å²) >= 11 is 0. The molecule has 1 aliphatic rings. The fourth-order valence-electron chi connectivity index (χ4n) is 4.92. The van der Waals surface area contributed by atoms with Crippen LogP contribution in [-0.2, 0) is 9.59 Å². The van der Waals surface area contributed by atoms with Crippen molar-refractivity contribution in [3.05, 3.63) is 0 Å². The molecule has 0 radical (unpaired) electrons. The summed E-state index contributed by atoms with van der Waals surface area (Å²) in [7, 11) is 4.22. The second-order valence-corrected chi connectivity index (χ2v) is 10.7. The van der Waals surface area contributed by atoms with Gasteiger partial charge in [-0.3, -0.25) is 9.59 Å². The maximum Gasteiger partial charge on any atom is 0.267 e. The van der Waals surface area contributed by atoms with Gasteiger partial charge in [0.15, 0.2) is 0 Å². The molecule has 33 heavy (non-hydrogen) atoms. The quantitative estimate of drug-likeness (QED) is 0.142. The lowest BCUT2D eigenvalue weighted by molar-refractivity contribution is -0.989. The molecule has 194 valence electrons. The van der Waals surface area contributed by atoms with Crippen LogP contribution in [0.3, 0.4) is 0 Å². The zero-order chi connectivity index (χ0) is 24.2. The molecule has 0 aromatic carbocycles. The molecule has 0 unspecified atom stereocenters. The van der Waals surface area contributed by atoms with Crippen molar-refractivity contribution in [2.45, 2.75) is 135 Å². The first kappa shape index (κ1) is 29.9. The number of hydrogen-bond acceptors (Lipinski definition) is 2. The number of carbonyl (C=O) groups excluding carboxylic acids is 2. The summed E-state index contributed by atoms with van der Waals surface area (Å²) < 4.78 is 0.645. The standard InChI is InChI=1S/C28H55N3O2/c1-4-5-6-7-8-9-10-11-12-13-14-15-16-17-18-22-27(32)29-24-19-20-26-31(2,3)30-25-21-23-28(30)33/h4-26H2,1-3H3/p+1. The van der Waals surface area contributed by atoms with Gasteiger partial charge < -0.3 is 5.32 Å². The molecule has 0 aliphatic carbocycles. The summed E-state index contributed by atoms with van der Waals surface area (Å²) in [6.45, 7) is 4.86. The molecular weight excluding hydrogens is 410 g/mol. The van der Waals surface area contributed by atoms with Crippen LogP contribution in [0.1, 0.15) is 135 Å². The van der Waals surface area contributed by atoms with E-state index in [2.05, 4.69) is 26.3 Å². The van der Waals surface area contributed by atoms with E-state index >= 15 is 0 Å². The Morgan fingerprint density at radius 2 is 1.30 bits per heavy atom. The van der Waals surface area contributed by atoms with Crippen molar-refractivity contribution >= 4 is 11.8 Å². The predicted molar refractivity (Wildman–Crippen MR) is 140 cm³/mol. The molecule has 1 aliphatic heterocycles. The minimum atomic E-state index is 0.202. The van der Waals surface area contributed by atoms with Crippen LogP contribution >= 0.6 is 0 Å². The molecule has 5 nitrogen and oxygen atoms in total. The Balaban J connectivity index is 1.82. The second-order valence-electron chi connectivity index (χ2n) is 10.7. The Hall–Kier alpha value is -1.10. The van der Waals surface area contributed by atoms with Gasteiger partial charge >= 0.3 is 0 Å². The van der Waals surface area contributed by atoms with Gasteiger partial charge in [-0.25, -0.2) is 4.59 Å². The van der Waals surface area contributed by atoms with Crippen LogP contribution in [0.25, 0.3) is 0 Å². The van der Waals surface area contributed by atoms with Crippen molar-refractivity contribution in [1.29, 1.82) is 0 Å². The third kappa shape index (κ3) is 15.4. The number of hydrogen-bond donors (Lipinski definition) is 1. The summed E-state index contributed by atoms with van der Waals surface area (Å²) in [4.78, 5) is 24.0. The lowest BCUT2D eigenvalue weighted by Crippen LogP contribution is -2.55. The van der Waals surface area contributed by atoms with Gasteiger partial charge in [-0.1, -0.05) is 96.8 Å². The minimum Gasteiger partial charge on any atom is -0.356 e. The lowest BCUT2D eigenvalue weighted by atomic mass is 10.0. The van der Waals surface area contributed by atoms with Gasteiger partial charge in [-0.05, 0) is 19.3 Å². The lowest BCUT2D eigenvalue weighted by Gasteiger charge is -2.37. The Morgan fingerprint density at radius 1 is 0.788 bits per heavy atom. The molecule has 5 heteroatoms. The zero-order valence-electron chi connectivity index (χ0n) is 22.5. The molecule has 1 N–H and O–H groups in total. The first-order valence-corrected chi connectivity index (χ1v) is 14.4. The predicted octanol–water partition coefficient (Wildman–Crippen LogP) is 6.76.